The minimum atomic E-state index is -4.29. The molecule has 0 saturated heterocycles. The van der Waals surface area contributed by atoms with E-state index in [0.29, 0.717) is 79.3 Å². The molecule has 0 aromatic heterocycles. The first-order valence-corrected chi connectivity index (χ1v) is 24.4. The van der Waals surface area contributed by atoms with Gasteiger partial charge < -0.3 is 58.0 Å². The Morgan fingerprint density at radius 2 is 0.883 bits per heavy atom. The Bertz CT molecular complexity index is 1540. The molecule has 60 heavy (non-hydrogen) atoms. The predicted molar refractivity (Wildman–Crippen MR) is 218 cm³/mol. The molecule has 1 amide bonds. The summed E-state index contributed by atoms with van der Waals surface area (Å²) in [5.74, 6) is -2.45. The number of rotatable bonds is 42. The minimum absolute atomic E-state index is 0.0214. The lowest BCUT2D eigenvalue weighted by molar-refractivity contribution is -0.0230. The smallest absolute Gasteiger partial charge is 0.264 e. The van der Waals surface area contributed by atoms with Gasteiger partial charge in [-0.1, -0.05) is 6.92 Å². The van der Waals surface area contributed by atoms with Crippen LogP contribution in [0.15, 0.2) is 12.1 Å². The van der Waals surface area contributed by atoms with Gasteiger partial charge in [0.2, 0.25) is 0 Å². The van der Waals surface area contributed by atoms with Crippen LogP contribution in [0.25, 0.3) is 0 Å². The maximum Gasteiger partial charge on any atom is 0.264 e. The van der Waals surface area contributed by atoms with Crippen LogP contribution in [0.3, 0.4) is 0 Å². The molecule has 0 fully saturated rings. The van der Waals surface area contributed by atoms with E-state index >= 15 is 0 Å². The van der Waals surface area contributed by atoms with E-state index in [1.807, 2.05) is 0 Å². The molecule has 0 aliphatic rings. The van der Waals surface area contributed by atoms with E-state index in [2.05, 4.69) is 17.6 Å². The Morgan fingerprint density at radius 3 is 1.30 bits per heavy atom. The van der Waals surface area contributed by atoms with Gasteiger partial charge in [0.1, 0.15) is 0 Å². The second kappa shape index (κ2) is 34.0. The van der Waals surface area contributed by atoms with Crippen molar-refractivity contribution < 1.29 is 91.1 Å². The molecule has 5 N–H and O–H groups in total. The van der Waals surface area contributed by atoms with Gasteiger partial charge in [0, 0.05) is 25.3 Å². The molecular formula is C35H64N2O20S3. The zero-order valence-corrected chi connectivity index (χ0v) is 36.7. The number of carbonyl (C=O) groups is 1. The summed E-state index contributed by atoms with van der Waals surface area (Å²) in [6, 6.07) is 2.67. The summed E-state index contributed by atoms with van der Waals surface area (Å²) in [5.41, 5.74) is 0.177. The Morgan fingerprint density at radius 1 is 0.500 bits per heavy atom. The van der Waals surface area contributed by atoms with Crippen molar-refractivity contribution in [3.05, 3.63) is 17.7 Å². The molecule has 22 nitrogen and oxygen atoms in total. The van der Waals surface area contributed by atoms with Crippen LogP contribution in [-0.4, -0.2) is 194 Å². The predicted octanol–water partition coefficient (Wildman–Crippen LogP) is 0.962. The fourth-order valence-electron chi connectivity index (χ4n) is 4.56. The lowest BCUT2D eigenvalue weighted by Crippen LogP contribution is -2.28. The molecule has 0 unspecified atom stereocenters. The maximum absolute atomic E-state index is 13.1. The SMILES string of the molecule is CCCOCCOCCOCCOCCOCCOCCOCCOCCNC(=O)c1cc(NCCCS(=O)(=O)O)c(OCCCS(=O)(=O)O)c(OCCCS(=O)(=O)O)c1. The van der Waals surface area contributed by atoms with E-state index in [-0.39, 0.29) is 88.1 Å². The third-order valence-corrected chi connectivity index (χ3v) is 9.71. The average molecular weight is 929 g/mol. The number of ether oxygens (including phenoxy) is 10. The first-order chi connectivity index (χ1) is 28.6. The monoisotopic (exact) mass is 928 g/mol. The molecule has 0 spiro atoms. The third-order valence-electron chi connectivity index (χ3n) is 7.29. The first-order valence-electron chi connectivity index (χ1n) is 19.5. The van der Waals surface area contributed by atoms with Crippen molar-refractivity contribution in [1.82, 2.24) is 5.32 Å². The standard InChI is InChI=1S/C35H64N2O20S3/c1-2-8-48-12-14-50-16-18-52-20-22-54-24-25-55-23-21-53-19-17-51-15-13-49-11-7-37-35(38)31-29-32(36-6-3-26-58(39,40)41)34(57-10-5-28-60(45,46)47)33(30-31)56-9-4-27-59(42,43)44/h29-30,36H,2-28H2,1H3,(H,37,38)(H,39,40,41)(H,42,43,44)(H,45,46,47). The fraction of sp³-hybridized carbons (Fsp3) is 0.800. The van der Waals surface area contributed by atoms with Crippen LogP contribution in [-0.2, 0) is 68.2 Å². The van der Waals surface area contributed by atoms with Crippen LogP contribution in [0.4, 0.5) is 5.69 Å². The summed E-state index contributed by atoms with van der Waals surface area (Å²) >= 11 is 0. The molecule has 1 aromatic rings. The zero-order valence-electron chi connectivity index (χ0n) is 34.3. The highest BCUT2D eigenvalue weighted by molar-refractivity contribution is 7.86. The fourth-order valence-corrected chi connectivity index (χ4v) is 6.04. The van der Waals surface area contributed by atoms with Crippen LogP contribution in [0.2, 0.25) is 0 Å². The van der Waals surface area contributed by atoms with Crippen LogP contribution in [0.1, 0.15) is 43.0 Å². The molecule has 0 aliphatic carbocycles. The van der Waals surface area contributed by atoms with Gasteiger partial charge in [0.15, 0.2) is 11.5 Å². The van der Waals surface area contributed by atoms with Gasteiger partial charge in [-0.3, -0.25) is 18.5 Å². The number of carbonyl (C=O) groups excluding carboxylic acids is 1. The molecule has 1 rings (SSSR count). The average Bonchev–Trinajstić information content (AvgIpc) is 3.17. The van der Waals surface area contributed by atoms with Crippen molar-refractivity contribution in [2.24, 2.45) is 0 Å². The van der Waals surface area contributed by atoms with E-state index in [1.165, 1.54) is 12.1 Å². The highest BCUT2D eigenvalue weighted by atomic mass is 32.2. The normalized spacial score (nSPS) is 12.1. The first kappa shape index (κ1) is 55.5. The molecule has 0 radical (unpaired) electrons. The zero-order chi connectivity index (χ0) is 44.4. The van der Waals surface area contributed by atoms with Crippen molar-refractivity contribution >= 4 is 41.9 Å². The largest absolute Gasteiger partial charge is 0.490 e. The van der Waals surface area contributed by atoms with Gasteiger partial charge in [-0.15, -0.1) is 0 Å². The van der Waals surface area contributed by atoms with Crippen LogP contribution < -0.4 is 20.1 Å². The van der Waals surface area contributed by atoms with E-state index in [1.54, 1.807) is 0 Å². The summed E-state index contributed by atoms with van der Waals surface area (Å²) in [7, 11) is -12.8. The summed E-state index contributed by atoms with van der Waals surface area (Å²) in [5, 5.41) is 5.58. The Hall–Kier alpha value is -2.50. The van der Waals surface area contributed by atoms with Gasteiger partial charge in [-0.2, -0.15) is 25.3 Å². The Labute approximate surface area is 353 Å². The van der Waals surface area contributed by atoms with Crippen molar-refractivity contribution in [3.63, 3.8) is 0 Å². The van der Waals surface area contributed by atoms with Crippen LogP contribution >= 0.6 is 0 Å². The van der Waals surface area contributed by atoms with E-state index in [0.717, 1.165) is 13.0 Å². The molecule has 0 saturated carbocycles. The lowest BCUT2D eigenvalue weighted by atomic mass is 10.1. The van der Waals surface area contributed by atoms with Crippen molar-refractivity contribution in [1.29, 1.82) is 0 Å². The molecule has 0 aliphatic heterocycles. The van der Waals surface area contributed by atoms with Crippen molar-refractivity contribution in [3.8, 4) is 11.5 Å². The van der Waals surface area contributed by atoms with Crippen LogP contribution in [0.5, 0.6) is 11.5 Å². The second-order valence-electron chi connectivity index (χ2n) is 12.5. The third kappa shape index (κ3) is 34.1. The molecule has 0 atom stereocenters. The quantitative estimate of drug-likeness (QED) is 0.0451. The summed E-state index contributed by atoms with van der Waals surface area (Å²) in [6.45, 7) is 8.53. The van der Waals surface area contributed by atoms with Gasteiger partial charge in [-0.05, 0) is 37.8 Å². The van der Waals surface area contributed by atoms with E-state index in [9.17, 15) is 30.0 Å². The van der Waals surface area contributed by atoms with E-state index < -0.39 is 53.5 Å². The number of benzene rings is 1. The number of hydrogen-bond acceptors (Lipinski definition) is 18. The van der Waals surface area contributed by atoms with Gasteiger partial charge in [-0.25, -0.2) is 0 Å². The molecule has 0 heterocycles. The van der Waals surface area contributed by atoms with E-state index in [4.69, 9.17) is 61.0 Å². The minimum Gasteiger partial charge on any atom is -0.490 e. The van der Waals surface area contributed by atoms with Crippen molar-refractivity contribution in [2.75, 3.05) is 155 Å². The molecular weight excluding hydrogens is 865 g/mol. The summed E-state index contributed by atoms with van der Waals surface area (Å²) < 4.78 is 149. The lowest BCUT2D eigenvalue weighted by Gasteiger charge is -2.19. The maximum atomic E-state index is 13.1. The van der Waals surface area contributed by atoms with Gasteiger partial charge in [0.05, 0.1) is 135 Å². The van der Waals surface area contributed by atoms with Gasteiger partial charge in [0.25, 0.3) is 36.3 Å². The highest BCUT2D eigenvalue weighted by Gasteiger charge is 2.19. The molecule has 25 heteroatoms. The number of hydrogen-bond donors (Lipinski definition) is 5. The number of amides is 1. The molecule has 352 valence electrons. The Kier molecular flexibility index (Phi) is 31.5. The highest BCUT2D eigenvalue weighted by Crippen LogP contribution is 2.37. The number of nitrogens with one attached hydrogen (secondary N) is 2. The van der Waals surface area contributed by atoms with Gasteiger partial charge >= 0.3 is 0 Å². The molecule has 0 bridgehead atoms. The van der Waals surface area contributed by atoms with Crippen molar-refractivity contribution in [2.45, 2.75) is 32.6 Å². The summed E-state index contributed by atoms with van der Waals surface area (Å²) in [6.07, 6.45) is 0.666. The van der Waals surface area contributed by atoms with Crippen LogP contribution in [0, 0.1) is 0 Å². The topological polar surface area (TPSA) is 297 Å². The summed E-state index contributed by atoms with van der Waals surface area (Å²) in [4.78, 5) is 13.1. The molecule has 1 aromatic carbocycles. The Balaban J connectivity index is 2.39. The number of anilines is 1. The second-order valence-corrected chi connectivity index (χ2v) is 17.3.